The predicted molar refractivity (Wildman–Crippen MR) is 85.4 cm³/mol. The maximum Gasteiger partial charge on any atom is 0.115 e. The van der Waals surface area contributed by atoms with Gasteiger partial charge in [-0.05, 0) is 61.8 Å². The molecule has 0 bridgehead atoms. The zero-order valence-electron chi connectivity index (χ0n) is 12.1. The Morgan fingerprint density at radius 2 is 1.90 bits per heavy atom. The first-order chi connectivity index (χ1) is 9.57. The molecule has 0 unspecified atom stereocenters. The van der Waals surface area contributed by atoms with E-state index in [1.807, 2.05) is 23.9 Å². The molecule has 1 aliphatic rings. The zero-order chi connectivity index (χ0) is 14.4. The number of nitrogens with one attached hydrogen (secondary N) is 1. The van der Waals surface area contributed by atoms with Crippen molar-refractivity contribution in [3.63, 3.8) is 0 Å². The van der Waals surface area contributed by atoms with Crippen molar-refractivity contribution >= 4 is 11.8 Å². The second-order valence-corrected chi connectivity index (χ2v) is 7.05. The van der Waals surface area contributed by atoms with Gasteiger partial charge in [0, 0.05) is 12.6 Å². The van der Waals surface area contributed by atoms with Crippen molar-refractivity contribution in [1.29, 1.82) is 0 Å². The van der Waals surface area contributed by atoms with Gasteiger partial charge in [0.05, 0.1) is 5.60 Å². The predicted octanol–water partition coefficient (Wildman–Crippen LogP) is 2.56. The van der Waals surface area contributed by atoms with E-state index in [1.165, 1.54) is 5.56 Å². The second kappa shape index (κ2) is 7.34. The summed E-state index contributed by atoms with van der Waals surface area (Å²) >= 11 is 1.93. The Morgan fingerprint density at radius 3 is 2.55 bits per heavy atom. The molecule has 1 saturated heterocycles. The Kier molecular flexibility index (Phi) is 5.75. The summed E-state index contributed by atoms with van der Waals surface area (Å²) in [6.07, 6.45) is 3.82. The highest BCUT2D eigenvalue weighted by molar-refractivity contribution is 7.99. The third kappa shape index (κ3) is 5.00. The molecule has 1 fully saturated rings. The highest BCUT2D eigenvalue weighted by atomic mass is 32.2. The minimum atomic E-state index is -0.502. The van der Waals surface area contributed by atoms with Gasteiger partial charge in [-0.25, -0.2) is 0 Å². The molecule has 0 aliphatic carbocycles. The number of phenolic OH excluding ortho intramolecular Hbond substituents is 1. The molecule has 4 heteroatoms. The Hall–Kier alpha value is -0.710. The van der Waals surface area contributed by atoms with Crippen LogP contribution in [0.15, 0.2) is 24.3 Å². The van der Waals surface area contributed by atoms with Crippen LogP contribution in [-0.4, -0.2) is 39.9 Å². The molecule has 2 rings (SSSR count). The summed E-state index contributed by atoms with van der Waals surface area (Å²) in [5.74, 6) is 2.46. The molecule has 0 spiro atoms. The van der Waals surface area contributed by atoms with Gasteiger partial charge in [-0.15, -0.1) is 0 Å². The van der Waals surface area contributed by atoms with Crippen LogP contribution in [0.1, 0.15) is 31.7 Å². The highest BCUT2D eigenvalue weighted by Crippen LogP contribution is 2.26. The molecule has 0 saturated carbocycles. The smallest absolute Gasteiger partial charge is 0.115 e. The lowest BCUT2D eigenvalue weighted by atomic mass is 9.96. The Labute approximate surface area is 125 Å². The van der Waals surface area contributed by atoms with E-state index < -0.39 is 5.60 Å². The van der Waals surface area contributed by atoms with Crippen molar-refractivity contribution in [2.75, 3.05) is 18.1 Å². The van der Waals surface area contributed by atoms with E-state index in [1.54, 1.807) is 12.1 Å². The van der Waals surface area contributed by atoms with Gasteiger partial charge in [-0.2, -0.15) is 11.8 Å². The van der Waals surface area contributed by atoms with Crippen LogP contribution in [0.3, 0.4) is 0 Å². The van der Waals surface area contributed by atoms with Crippen LogP contribution >= 0.6 is 11.8 Å². The fourth-order valence-corrected chi connectivity index (χ4v) is 3.69. The summed E-state index contributed by atoms with van der Waals surface area (Å²) in [4.78, 5) is 0. The third-order valence-corrected chi connectivity index (χ3v) is 4.99. The van der Waals surface area contributed by atoms with Crippen molar-refractivity contribution in [2.45, 2.75) is 44.2 Å². The quantitative estimate of drug-likeness (QED) is 0.755. The van der Waals surface area contributed by atoms with Gasteiger partial charge < -0.3 is 15.5 Å². The number of benzene rings is 1. The molecule has 0 aromatic heterocycles. The first kappa shape index (κ1) is 15.7. The van der Waals surface area contributed by atoms with Gasteiger partial charge in [0.2, 0.25) is 0 Å². The fraction of sp³-hybridized carbons (Fsp3) is 0.625. The average molecular weight is 295 g/mol. The minimum Gasteiger partial charge on any atom is -0.508 e. The normalized spacial score (nSPS) is 19.7. The summed E-state index contributed by atoms with van der Waals surface area (Å²) in [5.41, 5.74) is 0.738. The lowest BCUT2D eigenvalue weighted by molar-refractivity contribution is 0.0298. The van der Waals surface area contributed by atoms with E-state index >= 15 is 0 Å². The second-order valence-electron chi connectivity index (χ2n) is 5.82. The SMILES string of the molecule is C[C@@H](CCc1ccc(O)cc1)NCC1(O)CCSCC1. The maximum absolute atomic E-state index is 10.4. The molecule has 0 amide bonds. The van der Waals surface area contributed by atoms with Crippen LogP contribution in [-0.2, 0) is 6.42 Å². The summed E-state index contributed by atoms with van der Waals surface area (Å²) in [6.45, 7) is 2.87. The summed E-state index contributed by atoms with van der Waals surface area (Å²) in [6, 6.07) is 7.79. The third-order valence-electron chi connectivity index (χ3n) is 4.01. The molecule has 1 aromatic carbocycles. The maximum atomic E-state index is 10.4. The minimum absolute atomic E-state index is 0.317. The first-order valence-electron chi connectivity index (χ1n) is 7.39. The highest BCUT2D eigenvalue weighted by Gasteiger charge is 2.29. The summed E-state index contributed by atoms with van der Waals surface area (Å²) in [5, 5.41) is 23.1. The monoisotopic (exact) mass is 295 g/mol. The number of aliphatic hydroxyl groups is 1. The number of rotatable bonds is 6. The van der Waals surface area contributed by atoms with E-state index in [4.69, 9.17) is 0 Å². The van der Waals surface area contributed by atoms with Crippen molar-refractivity contribution in [3.8, 4) is 5.75 Å². The van der Waals surface area contributed by atoms with Crippen LogP contribution in [0, 0.1) is 0 Å². The number of thioether (sulfide) groups is 1. The van der Waals surface area contributed by atoms with Crippen LogP contribution in [0.4, 0.5) is 0 Å². The molecule has 3 nitrogen and oxygen atoms in total. The van der Waals surface area contributed by atoms with Crippen molar-refractivity contribution < 1.29 is 10.2 Å². The van der Waals surface area contributed by atoms with Crippen LogP contribution in [0.25, 0.3) is 0 Å². The van der Waals surface area contributed by atoms with E-state index in [0.29, 0.717) is 18.3 Å². The molecule has 1 atom stereocenters. The molecule has 1 aromatic rings. The molecule has 1 heterocycles. The van der Waals surface area contributed by atoms with Gasteiger partial charge in [-0.1, -0.05) is 12.1 Å². The van der Waals surface area contributed by atoms with Gasteiger partial charge in [-0.3, -0.25) is 0 Å². The first-order valence-corrected chi connectivity index (χ1v) is 8.54. The zero-order valence-corrected chi connectivity index (χ0v) is 13.0. The average Bonchev–Trinajstić information content (AvgIpc) is 2.45. The summed E-state index contributed by atoms with van der Waals surface area (Å²) in [7, 11) is 0. The molecule has 112 valence electrons. The lowest BCUT2D eigenvalue weighted by Crippen LogP contribution is -2.46. The van der Waals surface area contributed by atoms with Gasteiger partial charge in [0.1, 0.15) is 5.75 Å². The van der Waals surface area contributed by atoms with E-state index in [2.05, 4.69) is 12.2 Å². The molecular weight excluding hydrogens is 270 g/mol. The van der Waals surface area contributed by atoms with Crippen LogP contribution in [0.5, 0.6) is 5.75 Å². The number of hydrogen-bond acceptors (Lipinski definition) is 4. The van der Waals surface area contributed by atoms with Crippen LogP contribution in [0.2, 0.25) is 0 Å². The number of phenols is 1. The van der Waals surface area contributed by atoms with E-state index in [-0.39, 0.29) is 0 Å². The van der Waals surface area contributed by atoms with Crippen molar-refractivity contribution in [3.05, 3.63) is 29.8 Å². The molecular formula is C16H25NO2S. The number of hydrogen-bond donors (Lipinski definition) is 3. The Balaban J connectivity index is 1.69. The van der Waals surface area contributed by atoms with E-state index in [0.717, 1.165) is 37.2 Å². The Bertz CT molecular complexity index is 401. The van der Waals surface area contributed by atoms with Gasteiger partial charge in [0.25, 0.3) is 0 Å². The lowest BCUT2D eigenvalue weighted by Gasteiger charge is -2.33. The Morgan fingerprint density at radius 1 is 1.25 bits per heavy atom. The molecule has 3 N–H and O–H groups in total. The van der Waals surface area contributed by atoms with Gasteiger partial charge in [0.15, 0.2) is 0 Å². The number of aryl methyl sites for hydroxylation is 1. The topological polar surface area (TPSA) is 52.5 Å². The van der Waals surface area contributed by atoms with Crippen molar-refractivity contribution in [1.82, 2.24) is 5.32 Å². The standard InChI is InChI=1S/C16H25NO2S/c1-13(2-3-14-4-6-15(18)7-5-14)17-12-16(19)8-10-20-11-9-16/h4-7,13,17-19H,2-3,8-12H2,1H3/t13-/m0/s1. The largest absolute Gasteiger partial charge is 0.508 e. The summed E-state index contributed by atoms with van der Waals surface area (Å²) < 4.78 is 0. The van der Waals surface area contributed by atoms with Crippen molar-refractivity contribution in [2.24, 2.45) is 0 Å². The molecule has 0 radical (unpaired) electrons. The molecule has 20 heavy (non-hydrogen) atoms. The van der Waals surface area contributed by atoms with Crippen LogP contribution < -0.4 is 5.32 Å². The fourth-order valence-electron chi connectivity index (χ4n) is 2.44. The van der Waals surface area contributed by atoms with E-state index in [9.17, 15) is 10.2 Å². The molecule has 1 aliphatic heterocycles. The number of aromatic hydroxyl groups is 1. The van der Waals surface area contributed by atoms with Gasteiger partial charge >= 0.3 is 0 Å².